The summed E-state index contributed by atoms with van der Waals surface area (Å²) in [6.45, 7) is 0. The molecule has 1 aliphatic carbocycles. The monoisotopic (exact) mass is 278 g/mol. The van der Waals surface area contributed by atoms with Gasteiger partial charge in [-0.3, -0.25) is 4.79 Å². The molecule has 6 heteroatoms. The van der Waals surface area contributed by atoms with Gasteiger partial charge in [0.2, 0.25) is 11.8 Å². The molecule has 0 aromatic carbocycles. The zero-order chi connectivity index (χ0) is 13.2. The van der Waals surface area contributed by atoms with E-state index in [0.29, 0.717) is 18.2 Å². The zero-order valence-electron chi connectivity index (χ0n) is 10.3. The van der Waals surface area contributed by atoms with Crippen molar-refractivity contribution >= 4 is 17.3 Å². The summed E-state index contributed by atoms with van der Waals surface area (Å²) in [6.07, 6.45) is 3.60. The summed E-state index contributed by atoms with van der Waals surface area (Å²) < 4.78 is 5.62. The van der Waals surface area contributed by atoms with Crippen LogP contribution in [0.1, 0.15) is 47.4 Å². The van der Waals surface area contributed by atoms with Gasteiger partial charge in [0.25, 0.3) is 0 Å². The maximum Gasteiger partial charge on any atom is 0.303 e. The Morgan fingerprint density at radius 2 is 2.42 bits per heavy atom. The number of aryl methyl sites for hydroxylation is 2. The minimum absolute atomic E-state index is 0.0238. The van der Waals surface area contributed by atoms with Crippen molar-refractivity contribution in [1.82, 2.24) is 10.2 Å². The molecule has 19 heavy (non-hydrogen) atoms. The number of carbonyl (C=O) groups is 1. The lowest BCUT2D eigenvalue weighted by atomic mass is 9.88. The third-order valence-electron chi connectivity index (χ3n) is 3.39. The minimum Gasteiger partial charge on any atom is -0.481 e. The van der Waals surface area contributed by atoms with Gasteiger partial charge < -0.3 is 9.52 Å². The number of nitrogens with zero attached hydrogens (tertiary/aromatic N) is 2. The molecule has 1 unspecified atom stereocenters. The Bertz CT molecular complexity index is 590. The second kappa shape index (κ2) is 5.13. The number of aromatic nitrogens is 2. The van der Waals surface area contributed by atoms with E-state index >= 15 is 0 Å². The average molecular weight is 278 g/mol. The van der Waals surface area contributed by atoms with E-state index in [1.54, 1.807) is 11.3 Å². The first kappa shape index (κ1) is 12.3. The number of carboxylic acids is 1. The van der Waals surface area contributed by atoms with E-state index < -0.39 is 5.97 Å². The Labute approximate surface area is 114 Å². The number of fused-ring (bicyclic) bond motifs is 1. The smallest absolute Gasteiger partial charge is 0.303 e. The Morgan fingerprint density at radius 3 is 3.26 bits per heavy atom. The molecular formula is C13H14N2O3S. The molecule has 2 aromatic rings. The van der Waals surface area contributed by atoms with Crippen LogP contribution in [-0.4, -0.2) is 21.3 Å². The van der Waals surface area contributed by atoms with Crippen LogP contribution in [0.3, 0.4) is 0 Å². The second-order valence-corrected chi connectivity index (χ2v) is 5.67. The first-order chi connectivity index (χ1) is 9.24. The van der Waals surface area contributed by atoms with Crippen molar-refractivity contribution in [3.05, 3.63) is 33.7 Å². The van der Waals surface area contributed by atoms with Crippen LogP contribution < -0.4 is 0 Å². The Morgan fingerprint density at radius 1 is 1.53 bits per heavy atom. The lowest BCUT2D eigenvalue weighted by molar-refractivity contribution is -0.137. The van der Waals surface area contributed by atoms with Gasteiger partial charge in [0.1, 0.15) is 0 Å². The Balaban J connectivity index is 1.79. The molecule has 0 bridgehead atoms. The molecule has 0 saturated carbocycles. The fourth-order valence-electron chi connectivity index (χ4n) is 2.47. The van der Waals surface area contributed by atoms with Crippen LogP contribution in [-0.2, 0) is 17.6 Å². The third-order valence-corrected chi connectivity index (χ3v) is 4.38. The van der Waals surface area contributed by atoms with Gasteiger partial charge in [0.05, 0.1) is 12.3 Å². The molecule has 1 N–H and O–H groups in total. The predicted molar refractivity (Wildman–Crippen MR) is 69.4 cm³/mol. The summed E-state index contributed by atoms with van der Waals surface area (Å²) in [5.41, 5.74) is 1.30. The zero-order valence-corrected chi connectivity index (χ0v) is 11.2. The van der Waals surface area contributed by atoms with Crippen molar-refractivity contribution in [3.63, 3.8) is 0 Å². The molecule has 0 amide bonds. The van der Waals surface area contributed by atoms with Gasteiger partial charge in [-0.1, -0.05) is 0 Å². The summed E-state index contributed by atoms with van der Waals surface area (Å²) in [6, 6.07) is 2.13. The van der Waals surface area contributed by atoms with E-state index in [2.05, 4.69) is 21.6 Å². The highest BCUT2D eigenvalue weighted by atomic mass is 32.1. The van der Waals surface area contributed by atoms with Crippen molar-refractivity contribution in [3.8, 4) is 0 Å². The normalized spacial score (nSPS) is 18.2. The van der Waals surface area contributed by atoms with E-state index in [9.17, 15) is 4.79 Å². The topological polar surface area (TPSA) is 76.2 Å². The highest BCUT2D eigenvalue weighted by Gasteiger charge is 2.27. The molecule has 5 nitrogen and oxygen atoms in total. The molecule has 0 saturated heterocycles. The minimum atomic E-state index is -0.850. The third kappa shape index (κ3) is 2.53. The number of rotatable bonds is 4. The summed E-state index contributed by atoms with van der Waals surface area (Å²) in [5, 5.41) is 18.8. The van der Waals surface area contributed by atoms with Crippen molar-refractivity contribution in [1.29, 1.82) is 0 Å². The Kier molecular flexibility index (Phi) is 3.33. The number of carboxylic acid groups (broad SMARTS) is 1. The molecule has 2 heterocycles. The van der Waals surface area contributed by atoms with Gasteiger partial charge in [-0.15, -0.1) is 21.5 Å². The molecule has 0 radical (unpaired) electrons. The van der Waals surface area contributed by atoms with Crippen molar-refractivity contribution < 1.29 is 14.3 Å². The van der Waals surface area contributed by atoms with E-state index in [-0.39, 0.29) is 12.3 Å². The predicted octanol–water partition coefficient (Wildman–Crippen LogP) is 2.62. The van der Waals surface area contributed by atoms with Crippen LogP contribution in [0.25, 0.3) is 0 Å². The van der Waals surface area contributed by atoms with Crippen LogP contribution in [0, 0.1) is 0 Å². The highest BCUT2D eigenvalue weighted by molar-refractivity contribution is 7.10. The van der Waals surface area contributed by atoms with Crippen LogP contribution >= 0.6 is 11.3 Å². The lowest BCUT2D eigenvalue weighted by Gasteiger charge is -2.18. The van der Waals surface area contributed by atoms with Crippen molar-refractivity contribution in [2.75, 3.05) is 0 Å². The van der Waals surface area contributed by atoms with Gasteiger partial charge >= 0.3 is 5.97 Å². The quantitative estimate of drug-likeness (QED) is 0.930. The van der Waals surface area contributed by atoms with Gasteiger partial charge in [-0.2, -0.15) is 0 Å². The Hall–Kier alpha value is -1.69. The molecule has 1 atom stereocenters. The summed E-state index contributed by atoms with van der Waals surface area (Å²) >= 11 is 1.78. The molecular weight excluding hydrogens is 264 g/mol. The SMILES string of the molecule is O=C(O)CCc1nnc(C2CCCc3sccc32)o1. The summed E-state index contributed by atoms with van der Waals surface area (Å²) in [4.78, 5) is 11.9. The van der Waals surface area contributed by atoms with Crippen molar-refractivity contribution in [2.24, 2.45) is 0 Å². The standard InChI is InChI=1S/C13H14N2O3S/c16-12(17)5-4-11-14-15-13(18-11)9-2-1-3-10-8(9)6-7-19-10/h6-7,9H,1-5H2,(H,16,17). The molecule has 1 aliphatic rings. The van der Waals surface area contributed by atoms with Gasteiger partial charge in [0, 0.05) is 11.3 Å². The van der Waals surface area contributed by atoms with E-state index in [0.717, 1.165) is 19.3 Å². The largest absolute Gasteiger partial charge is 0.481 e. The summed E-state index contributed by atoms with van der Waals surface area (Å²) in [5.74, 6) is 0.373. The average Bonchev–Trinajstić information content (AvgIpc) is 3.04. The van der Waals surface area contributed by atoms with E-state index in [4.69, 9.17) is 9.52 Å². The van der Waals surface area contributed by atoms with Crippen LogP contribution in [0.4, 0.5) is 0 Å². The first-order valence-corrected chi connectivity index (χ1v) is 7.22. The summed E-state index contributed by atoms with van der Waals surface area (Å²) in [7, 11) is 0. The maximum absolute atomic E-state index is 10.5. The fourth-order valence-corrected chi connectivity index (χ4v) is 3.45. The van der Waals surface area contributed by atoms with E-state index in [1.165, 1.54) is 10.4 Å². The maximum atomic E-state index is 10.5. The van der Waals surface area contributed by atoms with Crippen molar-refractivity contribution in [2.45, 2.75) is 38.0 Å². The first-order valence-electron chi connectivity index (χ1n) is 6.34. The number of aliphatic carboxylic acids is 1. The highest BCUT2D eigenvalue weighted by Crippen LogP contribution is 2.38. The van der Waals surface area contributed by atoms with Gasteiger partial charge in [0.15, 0.2) is 0 Å². The van der Waals surface area contributed by atoms with Crippen LogP contribution in [0.15, 0.2) is 15.9 Å². The van der Waals surface area contributed by atoms with Gasteiger partial charge in [-0.05, 0) is 36.3 Å². The molecule has 0 fully saturated rings. The van der Waals surface area contributed by atoms with Crippen LogP contribution in [0.2, 0.25) is 0 Å². The van der Waals surface area contributed by atoms with Gasteiger partial charge in [-0.25, -0.2) is 0 Å². The molecule has 3 rings (SSSR count). The van der Waals surface area contributed by atoms with Crippen LogP contribution in [0.5, 0.6) is 0 Å². The lowest BCUT2D eigenvalue weighted by Crippen LogP contribution is -2.08. The molecule has 0 spiro atoms. The molecule has 100 valence electrons. The number of hydrogen-bond acceptors (Lipinski definition) is 5. The molecule has 2 aromatic heterocycles. The number of hydrogen-bond donors (Lipinski definition) is 1. The number of thiophene rings is 1. The van der Waals surface area contributed by atoms with E-state index in [1.807, 2.05) is 0 Å². The fraction of sp³-hybridized carbons (Fsp3) is 0.462. The second-order valence-electron chi connectivity index (χ2n) is 4.67. The molecule has 0 aliphatic heterocycles.